The quantitative estimate of drug-likeness (QED) is 0.516. The van der Waals surface area contributed by atoms with E-state index in [1.54, 1.807) is 17.2 Å². The average Bonchev–Trinajstić information content (AvgIpc) is 3.07. The second-order valence-corrected chi connectivity index (χ2v) is 7.56. The summed E-state index contributed by atoms with van der Waals surface area (Å²) in [5, 5.41) is 2.41. The third kappa shape index (κ3) is 5.86. The first-order valence-corrected chi connectivity index (χ1v) is 9.96. The number of ether oxygens (including phenoxy) is 1. The summed E-state index contributed by atoms with van der Waals surface area (Å²) in [6.07, 6.45) is 0. The Hall–Kier alpha value is -1.86. The van der Waals surface area contributed by atoms with Crippen LogP contribution in [-0.2, 0) is 16.1 Å². The molecule has 0 aliphatic heterocycles. The zero-order valence-corrected chi connectivity index (χ0v) is 16.2. The molecule has 0 radical (unpaired) electrons. The first-order chi connectivity index (χ1) is 12.0. The van der Waals surface area contributed by atoms with E-state index < -0.39 is 5.97 Å². The van der Waals surface area contributed by atoms with Crippen molar-refractivity contribution in [2.75, 3.05) is 12.4 Å². The molecule has 0 fully saturated rings. The average molecular weight is 379 g/mol. The molecule has 0 bridgehead atoms. The minimum absolute atomic E-state index is 0.0525. The second-order valence-electron chi connectivity index (χ2n) is 5.56. The second kappa shape index (κ2) is 9.58. The van der Waals surface area contributed by atoms with Crippen LogP contribution >= 0.6 is 23.1 Å². The maximum absolute atomic E-state index is 12.6. The Kier molecular flexibility index (Phi) is 7.46. The van der Waals surface area contributed by atoms with Crippen molar-refractivity contribution in [2.45, 2.75) is 38.3 Å². The van der Waals surface area contributed by atoms with Gasteiger partial charge in [0.05, 0.1) is 18.9 Å². The van der Waals surface area contributed by atoms with E-state index in [0.717, 1.165) is 9.90 Å². The van der Waals surface area contributed by atoms with Gasteiger partial charge < -0.3 is 9.64 Å². The number of hydrogen-bond donors (Lipinski definition) is 0. The van der Waals surface area contributed by atoms with Crippen LogP contribution in [-0.4, -0.2) is 40.2 Å². The maximum Gasteiger partial charge on any atom is 0.357 e. The van der Waals surface area contributed by atoms with Crippen molar-refractivity contribution in [3.05, 3.63) is 46.4 Å². The number of esters is 1. The van der Waals surface area contributed by atoms with Crippen LogP contribution in [0.4, 0.5) is 0 Å². The van der Waals surface area contributed by atoms with Gasteiger partial charge in [0, 0.05) is 16.3 Å². The van der Waals surface area contributed by atoms with Gasteiger partial charge in [-0.15, -0.1) is 23.1 Å². The highest BCUT2D eigenvalue weighted by Gasteiger charge is 2.20. The molecule has 5 nitrogen and oxygen atoms in total. The Balaban J connectivity index is 1.98. The third-order valence-corrected chi connectivity index (χ3v) is 5.22. The van der Waals surface area contributed by atoms with Crippen LogP contribution < -0.4 is 0 Å². The summed E-state index contributed by atoms with van der Waals surface area (Å²) < 4.78 is 4.95. The Bertz CT molecular complexity index is 701. The summed E-state index contributed by atoms with van der Waals surface area (Å²) in [5.74, 6) is 0.00183. The highest BCUT2D eigenvalue weighted by atomic mass is 32.2. The Morgan fingerprint density at radius 1 is 1.28 bits per heavy atom. The molecule has 1 aromatic carbocycles. The number of carbonyl (C=O) groups is 2. The van der Waals surface area contributed by atoms with E-state index in [1.807, 2.05) is 44.2 Å². The molecule has 0 N–H and O–H groups in total. The molecule has 1 heterocycles. The van der Waals surface area contributed by atoms with Gasteiger partial charge >= 0.3 is 5.97 Å². The van der Waals surface area contributed by atoms with Crippen LogP contribution in [0.1, 0.15) is 36.3 Å². The molecule has 0 unspecified atom stereocenters. The summed E-state index contributed by atoms with van der Waals surface area (Å²) in [5.41, 5.74) is 0.302. The van der Waals surface area contributed by atoms with Crippen LogP contribution in [0.3, 0.4) is 0 Å². The molecule has 25 heavy (non-hydrogen) atoms. The van der Waals surface area contributed by atoms with E-state index >= 15 is 0 Å². The molecule has 2 rings (SSSR count). The number of carbonyl (C=O) groups excluding carboxylic acids is 2. The SMILES string of the molecule is CCOC(=O)c1csc(CN(C(=O)CSc2ccccc2)C(C)C)n1. The van der Waals surface area contributed by atoms with Gasteiger partial charge in [-0.05, 0) is 32.9 Å². The van der Waals surface area contributed by atoms with Crippen LogP contribution in [0.15, 0.2) is 40.6 Å². The van der Waals surface area contributed by atoms with Gasteiger partial charge in [-0.3, -0.25) is 4.79 Å². The maximum atomic E-state index is 12.6. The van der Waals surface area contributed by atoms with E-state index in [4.69, 9.17) is 4.74 Å². The minimum Gasteiger partial charge on any atom is -0.461 e. The zero-order valence-electron chi connectivity index (χ0n) is 14.6. The monoisotopic (exact) mass is 378 g/mol. The van der Waals surface area contributed by atoms with Gasteiger partial charge in [0.15, 0.2) is 5.69 Å². The van der Waals surface area contributed by atoms with Gasteiger partial charge in [-0.2, -0.15) is 0 Å². The van der Waals surface area contributed by atoms with E-state index in [-0.39, 0.29) is 11.9 Å². The van der Waals surface area contributed by atoms with Crippen molar-refractivity contribution in [2.24, 2.45) is 0 Å². The normalized spacial score (nSPS) is 10.7. The lowest BCUT2D eigenvalue weighted by Crippen LogP contribution is -2.37. The predicted molar refractivity (Wildman–Crippen MR) is 101 cm³/mol. The molecule has 0 saturated heterocycles. The number of rotatable bonds is 8. The number of benzene rings is 1. The molecular formula is C18H22N2O3S2. The summed E-state index contributed by atoms with van der Waals surface area (Å²) in [6, 6.07) is 9.90. The largest absolute Gasteiger partial charge is 0.461 e. The van der Waals surface area contributed by atoms with Gasteiger partial charge in [0.2, 0.25) is 5.91 Å². The van der Waals surface area contributed by atoms with Crippen molar-refractivity contribution >= 4 is 35.0 Å². The molecule has 1 amide bonds. The number of thioether (sulfide) groups is 1. The van der Waals surface area contributed by atoms with E-state index in [9.17, 15) is 9.59 Å². The predicted octanol–water partition coefficient (Wildman–Crippen LogP) is 3.85. The van der Waals surface area contributed by atoms with E-state index in [0.29, 0.717) is 24.6 Å². The van der Waals surface area contributed by atoms with Gasteiger partial charge in [-0.1, -0.05) is 18.2 Å². The number of thiazole rings is 1. The molecule has 134 valence electrons. The number of hydrogen-bond acceptors (Lipinski definition) is 6. The summed E-state index contributed by atoms with van der Waals surface area (Å²) >= 11 is 2.89. The lowest BCUT2D eigenvalue weighted by molar-refractivity contribution is -0.130. The van der Waals surface area contributed by atoms with Crippen LogP contribution in [0, 0.1) is 0 Å². The molecule has 0 aliphatic carbocycles. The minimum atomic E-state index is -0.424. The third-order valence-electron chi connectivity index (χ3n) is 3.39. The van der Waals surface area contributed by atoms with Gasteiger partial charge in [0.1, 0.15) is 5.01 Å². The molecule has 2 aromatic rings. The molecule has 7 heteroatoms. The molecule has 0 aliphatic rings. The van der Waals surface area contributed by atoms with E-state index in [1.165, 1.54) is 23.1 Å². The summed E-state index contributed by atoms with van der Waals surface area (Å²) in [6.45, 7) is 6.43. The van der Waals surface area contributed by atoms with Crippen LogP contribution in [0.2, 0.25) is 0 Å². The van der Waals surface area contributed by atoms with E-state index in [2.05, 4.69) is 4.98 Å². The van der Waals surface area contributed by atoms with Gasteiger partial charge in [0.25, 0.3) is 0 Å². The van der Waals surface area contributed by atoms with Gasteiger partial charge in [-0.25, -0.2) is 9.78 Å². The van der Waals surface area contributed by atoms with Crippen LogP contribution in [0.5, 0.6) is 0 Å². The molecule has 0 spiro atoms. The highest BCUT2D eigenvalue weighted by Crippen LogP contribution is 2.20. The molecular weight excluding hydrogens is 356 g/mol. The Morgan fingerprint density at radius 2 is 2.00 bits per heavy atom. The summed E-state index contributed by atoms with van der Waals surface area (Å²) in [7, 11) is 0. The molecule has 0 saturated carbocycles. The number of aromatic nitrogens is 1. The van der Waals surface area contributed by atoms with Crippen molar-refractivity contribution in [1.29, 1.82) is 0 Å². The number of amides is 1. The highest BCUT2D eigenvalue weighted by molar-refractivity contribution is 8.00. The first-order valence-electron chi connectivity index (χ1n) is 8.10. The number of nitrogens with zero attached hydrogens (tertiary/aromatic N) is 2. The Labute approximate surface area is 156 Å². The zero-order chi connectivity index (χ0) is 18.2. The lowest BCUT2D eigenvalue weighted by Gasteiger charge is -2.25. The van der Waals surface area contributed by atoms with Crippen molar-refractivity contribution in [3.8, 4) is 0 Å². The fraction of sp³-hybridized carbons (Fsp3) is 0.389. The van der Waals surface area contributed by atoms with Crippen molar-refractivity contribution in [1.82, 2.24) is 9.88 Å². The first kappa shape index (κ1) is 19.5. The standard InChI is InChI=1S/C18H22N2O3S2/c1-4-23-18(22)15-11-25-16(19-15)10-20(13(2)3)17(21)12-24-14-8-6-5-7-9-14/h5-9,11,13H,4,10,12H2,1-3H3. The van der Waals surface area contributed by atoms with Crippen molar-refractivity contribution in [3.63, 3.8) is 0 Å². The molecule has 0 atom stereocenters. The van der Waals surface area contributed by atoms with Crippen LogP contribution in [0.25, 0.3) is 0 Å². The molecule has 1 aromatic heterocycles. The fourth-order valence-corrected chi connectivity index (χ4v) is 3.70. The van der Waals surface area contributed by atoms with Crippen molar-refractivity contribution < 1.29 is 14.3 Å². The smallest absolute Gasteiger partial charge is 0.357 e. The topological polar surface area (TPSA) is 59.5 Å². The Morgan fingerprint density at radius 3 is 2.64 bits per heavy atom. The fourth-order valence-electron chi connectivity index (χ4n) is 2.13. The summed E-state index contributed by atoms with van der Waals surface area (Å²) in [4.78, 5) is 31.4. The lowest BCUT2D eigenvalue weighted by atomic mass is 10.3.